The van der Waals surface area contributed by atoms with Gasteiger partial charge in [-0.2, -0.15) is 0 Å². The van der Waals surface area contributed by atoms with Gasteiger partial charge in [0.05, 0.1) is 17.6 Å². The highest BCUT2D eigenvalue weighted by molar-refractivity contribution is 5.68. The van der Waals surface area contributed by atoms with Crippen LogP contribution in [-0.2, 0) is 7.05 Å². The maximum absolute atomic E-state index is 14.3. The topological polar surface area (TPSA) is 31.2 Å². The Morgan fingerprint density at radius 2 is 2.09 bits per heavy atom. The molecule has 1 aromatic carbocycles. The van der Waals surface area contributed by atoms with Crippen LogP contribution in [-0.4, -0.2) is 11.2 Å². The molecule has 0 unspecified atom stereocenters. The maximum Gasteiger partial charge on any atom is 0.231 e. The summed E-state index contributed by atoms with van der Waals surface area (Å²) < 4.78 is 21.8. The van der Waals surface area contributed by atoms with Crippen molar-refractivity contribution in [3.8, 4) is 17.0 Å². The molecule has 0 saturated carbocycles. The van der Waals surface area contributed by atoms with Gasteiger partial charge < -0.3 is 9.30 Å². The number of hydrogen-bond acceptors (Lipinski definition) is 2. The second kappa shape index (κ2) is 6.24. The number of aromatic nitrogens is 1. The van der Waals surface area contributed by atoms with E-state index in [0.717, 1.165) is 5.35 Å². The van der Waals surface area contributed by atoms with Crippen LogP contribution in [0, 0.1) is 5.82 Å². The number of hydrogen-bond donors (Lipinski definition) is 0. The highest BCUT2D eigenvalue weighted by atomic mass is 19.1. The summed E-state index contributed by atoms with van der Waals surface area (Å²) in [6, 6.07) is 6.43. The van der Waals surface area contributed by atoms with Gasteiger partial charge in [-0.3, -0.25) is 4.79 Å². The maximum atomic E-state index is 14.3. The number of rotatable bonds is 3. The van der Waals surface area contributed by atoms with Crippen molar-refractivity contribution < 1.29 is 9.13 Å². The summed E-state index contributed by atoms with van der Waals surface area (Å²) in [5, 5.41) is 1.35. The highest BCUT2D eigenvalue weighted by Crippen LogP contribution is 2.27. The van der Waals surface area contributed by atoms with Gasteiger partial charge in [-0.05, 0) is 31.6 Å². The molecule has 4 heteroatoms. The van der Waals surface area contributed by atoms with E-state index in [-0.39, 0.29) is 17.0 Å². The molecule has 1 aromatic heterocycles. The first-order valence-electron chi connectivity index (χ1n) is 7.63. The van der Waals surface area contributed by atoms with Crippen LogP contribution in [0.3, 0.4) is 0 Å². The normalized spacial score (nSPS) is 12.8. The first-order chi connectivity index (χ1) is 11.1. The number of halogens is 1. The fourth-order valence-corrected chi connectivity index (χ4v) is 2.86. The number of fused-ring (bicyclic) bond motifs is 1. The third kappa shape index (κ3) is 2.61. The van der Waals surface area contributed by atoms with Crippen molar-refractivity contribution >= 4 is 12.2 Å². The van der Waals surface area contributed by atoms with Gasteiger partial charge in [0.1, 0.15) is 5.82 Å². The second-order valence-electron chi connectivity index (χ2n) is 5.31. The third-order valence-corrected chi connectivity index (χ3v) is 3.90. The van der Waals surface area contributed by atoms with Gasteiger partial charge in [-0.1, -0.05) is 30.4 Å². The van der Waals surface area contributed by atoms with Gasteiger partial charge in [-0.15, -0.1) is 0 Å². The van der Waals surface area contributed by atoms with Crippen LogP contribution in [0.5, 0.6) is 5.75 Å². The molecule has 0 atom stereocenters. The zero-order valence-corrected chi connectivity index (χ0v) is 13.2. The summed E-state index contributed by atoms with van der Waals surface area (Å²) in [5.74, 6) is -0.179. The lowest BCUT2D eigenvalue weighted by Crippen LogP contribution is -2.45. The van der Waals surface area contributed by atoms with E-state index >= 15 is 0 Å². The lowest BCUT2D eigenvalue weighted by atomic mass is 10.1. The van der Waals surface area contributed by atoms with E-state index < -0.39 is 0 Å². The van der Waals surface area contributed by atoms with Crippen molar-refractivity contribution in [3.63, 3.8) is 0 Å². The quantitative estimate of drug-likeness (QED) is 0.869. The van der Waals surface area contributed by atoms with Gasteiger partial charge in [0.25, 0.3) is 0 Å². The fraction of sp³-hybridized carbons (Fsp3) is 0.211. The molecule has 0 N–H and O–H groups in total. The Morgan fingerprint density at radius 1 is 1.30 bits per heavy atom. The molecule has 0 aliphatic heterocycles. The Labute approximate surface area is 133 Å². The first-order valence-corrected chi connectivity index (χ1v) is 7.63. The van der Waals surface area contributed by atoms with Crippen molar-refractivity contribution in [2.75, 3.05) is 6.61 Å². The minimum atomic E-state index is -0.378. The van der Waals surface area contributed by atoms with Crippen LogP contribution >= 0.6 is 0 Å². The van der Waals surface area contributed by atoms with Crippen molar-refractivity contribution in [1.29, 1.82) is 0 Å². The molecular formula is C19H18FNO2. The van der Waals surface area contributed by atoms with Gasteiger partial charge in [0.15, 0.2) is 5.75 Å². The van der Waals surface area contributed by atoms with Gasteiger partial charge >= 0.3 is 0 Å². The molecule has 0 spiro atoms. The Hall–Kier alpha value is -2.62. The third-order valence-electron chi connectivity index (χ3n) is 3.90. The van der Waals surface area contributed by atoms with Crippen molar-refractivity contribution in [1.82, 2.24) is 4.57 Å². The van der Waals surface area contributed by atoms with E-state index in [2.05, 4.69) is 0 Å². The minimum Gasteiger partial charge on any atom is -0.488 e. The lowest BCUT2D eigenvalue weighted by Gasteiger charge is -2.16. The Morgan fingerprint density at radius 3 is 2.83 bits per heavy atom. The number of benzene rings is 1. The summed E-state index contributed by atoms with van der Waals surface area (Å²) in [7, 11) is 1.83. The van der Waals surface area contributed by atoms with E-state index in [0.29, 0.717) is 29.5 Å². The summed E-state index contributed by atoms with van der Waals surface area (Å²) in [6.07, 6.45) is 8.32. The Kier molecular flexibility index (Phi) is 4.15. The monoisotopic (exact) mass is 311 g/mol. The van der Waals surface area contributed by atoms with E-state index in [1.54, 1.807) is 18.2 Å². The largest absolute Gasteiger partial charge is 0.488 e. The Bertz CT molecular complexity index is 955. The SMILES string of the molecule is CCOc1c(-c2ccccc2F)n(C)c2c(c1=O)=CCC=CC=2. The molecule has 2 aromatic rings. The van der Waals surface area contributed by atoms with E-state index in [9.17, 15) is 9.18 Å². The van der Waals surface area contributed by atoms with E-state index in [1.165, 1.54) is 6.07 Å². The number of allylic oxidation sites excluding steroid dienone is 2. The van der Waals surface area contributed by atoms with Crippen molar-refractivity contribution in [3.05, 3.63) is 63.0 Å². The van der Waals surface area contributed by atoms with Crippen LogP contribution in [0.15, 0.2) is 41.2 Å². The minimum absolute atomic E-state index is 0.196. The zero-order chi connectivity index (χ0) is 16.4. The molecular weight excluding hydrogens is 293 g/mol. The average Bonchev–Trinajstić information content (AvgIpc) is 2.80. The van der Waals surface area contributed by atoms with Crippen molar-refractivity contribution in [2.24, 2.45) is 7.05 Å². The summed E-state index contributed by atoms with van der Waals surface area (Å²) in [6.45, 7) is 2.16. The second-order valence-corrected chi connectivity index (χ2v) is 5.31. The summed E-state index contributed by atoms with van der Waals surface area (Å²) in [4.78, 5) is 12.9. The predicted octanol–water partition coefficient (Wildman–Crippen LogP) is 2.11. The molecule has 1 aliphatic rings. The molecule has 0 fully saturated rings. The summed E-state index contributed by atoms with van der Waals surface area (Å²) >= 11 is 0. The standard InChI is InChI=1S/C19H18FNO2/c1-3-23-19-17(13-9-7-8-11-15(13)20)21(2)16-12-6-4-5-10-14(16)18(19)22/h4,6-12H,3,5H2,1-2H3. The molecule has 3 nitrogen and oxygen atoms in total. The van der Waals surface area contributed by atoms with Gasteiger partial charge in [0, 0.05) is 17.8 Å². The molecule has 0 bridgehead atoms. The van der Waals surface area contributed by atoms with Crippen LogP contribution in [0.2, 0.25) is 0 Å². The lowest BCUT2D eigenvalue weighted by molar-refractivity contribution is 0.335. The Balaban J connectivity index is 2.49. The van der Waals surface area contributed by atoms with Gasteiger partial charge in [0.2, 0.25) is 5.43 Å². The van der Waals surface area contributed by atoms with Crippen LogP contribution in [0.25, 0.3) is 23.4 Å². The number of nitrogens with zero attached hydrogens (tertiary/aromatic N) is 1. The average molecular weight is 311 g/mol. The number of ether oxygens (including phenoxy) is 1. The molecule has 3 rings (SSSR count). The van der Waals surface area contributed by atoms with Crippen molar-refractivity contribution in [2.45, 2.75) is 13.3 Å². The number of pyridine rings is 1. The molecule has 0 amide bonds. The molecule has 118 valence electrons. The van der Waals surface area contributed by atoms with E-state index in [1.807, 2.05) is 42.8 Å². The first kappa shape index (κ1) is 15.3. The fourth-order valence-electron chi connectivity index (χ4n) is 2.86. The molecule has 1 heterocycles. The van der Waals surface area contributed by atoms with Crippen LogP contribution < -0.4 is 20.7 Å². The van der Waals surface area contributed by atoms with Crippen LogP contribution in [0.4, 0.5) is 4.39 Å². The zero-order valence-electron chi connectivity index (χ0n) is 13.2. The van der Waals surface area contributed by atoms with E-state index in [4.69, 9.17) is 4.74 Å². The smallest absolute Gasteiger partial charge is 0.231 e. The molecule has 23 heavy (non-hydrogen) atoms. The molecule has 1 aliphatic carbocycles. The summed E-state index contributed by atoms with van der Waals surface area (Å²) in [5.41, 5.74) is 0.631. The van der Waals surface area contributed by atoms with Crippen LogP contribution in [0.1, 0.15) is 13.3 Å². The highest BCUT2D eigenvalue weighted by Gasteiger charge is 2.18. The molecule has 0 radical (unpaired) electrons. The molecule has 0 saturated heterocycles. The van der Waals surface area contributed by atoms with Gasteiger partial charge in [-0.25, -0.2) is 4.39 Å². The predicted molar refractivity (Wildman–Crippen MR) is 90.2 cm³/mol.